The van der Waals surface area contributed by atoms with Crippen LogP contribution in [0.5, 0.6) is 11.5 Å². The summed E-state index contributed by atoms with van der Waals surface area (Å²) in [5, 5.41) is 2.86. The van der Waals surface area contributed by atoms with Gasteiger partial charge in [-0.25, -0.2) is 8.42 Å². The zero-order valence-corrected chi connectivity index (χ0v) is 17.7. The summed E-state index contributed by atoms with van der Waals surface area (Å²) < 4.78 is 38.1. The van der Waals surface area contributed by atoms with Gasteiger partial charge in [-0.1, -0.05) is 18.2 Å². The van der Waals surface area contributed by atoms with Crippen LogP contribution in [0.4, 0.5) is 0 Å². The highest BCUT2D eigenvalue weighted by Crippen LogP contribution is 2.30. The molecule has 0 aromatic heterocycles. The van der Waals surface area contributed by atoms with E-state index in [1.54, 1.807) is 26.2 Å². The molecule has 1 N–H and O–H groups in total. The van der Waals surface area contributed by atoms with E-state index in [0.29, 0.717) is 37.2 Å². The molecule has 1 heterocycles. The number of amides is 1. The molecule has 2 aromatic rings. The van der Waals surface area contributed by atoms with E-state index >= 15 is 0 Å². The van der Waals surface area contributed by atoms with Gasteiger partial charge < -0.3 is 14.8 Å². The molecule has 1 aliphatic heterocycles. The van der Waals surface area contributed by atoms with Gasteiger partial charge in [0.2, 0.25) is 15.9 Å². The Morgan fingerprint density at radius 1 is 1.10 bits per heavy atom. The highest BCUT2D eigenvalue weighted by Gasteiger charge is 2.40. The Morgan fingerprint density at radius 3 is 2.41 bits per heavy atom. The summed E-state index contributed by atoms with van der Waals surface area (Å²) in [6, 6.07) is 11.6. The second kappa shape index (κ2) is 8.84. The molecule has 8 heteroatoms. The first-order valence-electron chi connectivity index (χ1n) is 9.44. The van der Waals surface area contributed by atoms with E-state index in [0.717, 1.165) is 11.3 Å². The molecule has 1 fully saturated rings. The number of ether oxygens (including phenoxy) is 2. The number of sulfonamides is 1. The second-order valence-electron chi connectivity index (χ2n) is 6.97. The first kappa shape index (κ1) is 21.1. The first-order valence-corrected chi connectivity index (χ1v) is 10.9. The Labute approximate surface area is 171 Å². The normalized spacial score (nSPS) is 17.1. The lowest BCUT2D eigenvalue weighted by Crippen LogP contribution is -2.45. The predicted molar refractivity (Wildman–Crippen MR) is 109 cm³/mol. The number of nitrogens with one attached hydrogen (secondary N) is 1. The number of nitrogens with zero attached hydrogens (tertiary/aromatic N) is 1. The van der Waals surface area contributed by atoms with Crippen LogP contribution >= 0.6 is 0 Å². The lowest BCUT2D eigenvalue weighted by molar-refractivity contribution is -0.124. The van der Waals surface area contributed by atoms with Gasteiger partial charge in [-0.2, -0.15) is 4.31 Å². The third-order valence-corrected chi connectivity index (χ3v) is 7.16. The minimum atomic E-state index is -3.81. The number of benzene rings is 2. The number of aryl methyl sites for hydroxylation is 1. The molecule has 3 rings (SSSR count). The van der Waals surface area contributed by atoms with Gasteiger partial charge in [-0.05, 0) is 49.1 Å². The summed E-state index contributed by atoms with van der Waals surface area (Å²) in [6.45, 7) is 2.38. The standard InChI is InChI=1S/C21H26N2O5S/c1-15-6-9-18(28-3)13-20(15)29(25,26)23-12-4-5-19(23)21(24)22-14-16-7-10-17(27-2)11-8-16/h6-11,13,19H,4-5,12,14H2,1-3H3,(H,22,24)/t19-/m0/s1. The molecule has 0 unspecified atom stereocenters. The van der Waals surface area contributed by atoms with Gasteiger partial charge in [0.15, 0.2) is 0 Å². The smallest absolute Gasteiger partial charge is 0.244 e. The molecule has 1 aliphatic rings. The maximum Gasteiger partial charge on any atom is 0.244 e. The SMILES string of the molecule is COc1ccc(CNC(=O)[C@@H]2CCCN2S(=O)(=O)c2cc(OC)ccc2C)cc1. The van der Waals surface area contributed by atoms with Crippen LogP contribution in [-0.2, 0) is 21.4 Å². The molecular formula is C21H26N2O5S. The molecule has 1 saturated heterocycles. The summed E-state index contributed by atoms with van der Waals surface area (Å²) in [7, 11) is -0.727. The number of carbonyl (C=O) groups excluding carboxylic acids is 1. The van der Waals surface area contributed by atoms with Crippen molar-refractivity contribution in [2.24, 2.45) is 0 Å². The van der Waals surface area contributed by atoms with Crippen LogP contribution in [0.15, 0.2) is 47.4 Å². The lowest BCUT2D eigenvalue weighted by atomic mass is 10.2. The molecule has 1 atom stereocenters. The van der Waals surface area contributed by atoms with Gasteiger partial charge in [0.25, 0.3) is 0 Å². The van der Waals surface area contributed by atoms with Crippen molar-refractivity contribution in [2.45, 2.75) is 37.2 Å². The van der Waals surface area contributed by atoms with Crippen molar-refractivity contribution in [3.8, 4) is 11.5 Å². The predicted octanol–water partition coefficient (Wildman–Crippen LogP) is 2.48. The fourth-order valence-corrected chi connectivity index (χ4v) is 5.35. The summed E-state index contributed by atoms with van der Waals surface area (Å²) in [6.07, 6.45) is 1.14. The molecule has 2 aromatic carbocycles. The molecule has 7 nitrogen and oxygen atoms in total. The Morgan fingerprint density at radius 2 is 1.76 bits per heavy atom. The van der Waals surface area contributed by atoms with Crippen LogP contribution in [0.1, 0.15) is 24.0 Å². The summed E-state index contributed by atoms with van der Waals surface area (Å²) in [5.74, 6) is 0.915. The van der Waals surface area contributed by atoms with E-state index in [1.807, 2.05) is 24.3 Å². The molecule has 0 bridgehead atoms. The van der Waals surface area contributed by atoms with Gasteiger partial charge in [0, 0.05) is 19.2 Å². The van der Waals surface area contributed by atoms with Crippen LogP contribution in [0.3, 0.4) is 0 Å². The Balaban J connectivity index is 1.75. The lowest BCUT2D eigenvalue weighted by Gasteiger charge is -2.24. The summed E-state index contributed by atoms with van der Waals surface area (Å²) in [5.41, 5.74) is 1.53. The first-order chi connectivity index (χ1) is 13.9. The molecule has 0 spiro atoms. The van der Waals surface area contributed by atoms with E-state index < -0.39 is 16.1 Å². The Hall–Kier alpha value is -2.58. The third-order valence-electron chi connectivity index (χ3n) is 5.11. The molecule has 156 valence electrons. The van der Waals surface area contributed by atoms with Crippen LogP contribution < -0.4 is 14.8 Å². The van der Waals surface area contributed by atoms with E-state index in [9.17, 15) is 13.2 Å². The number of carbonyl (C=O) groups is 1. The van der Waals surface area contributed by atoms with Crippen LogP contribution in [-0.4, -0.2) is 45.4 Å². The molecule has 29 heavy (non-hydrogen) atoms. The summed E-state index contributed by atoms with van der Waals surface area (Å²) >= 11 is 0. The highest BCUT2D eigenvalue weighted by atomic mass is 32.2. The average Bonchev–Trinajstić information content (AvgIpc) is 3.23. The van der Waals surface area contributed by atoms with Crippen molar-refractivity contribution in [2.75, 3.05) is 20.8 Å². The molecule has 0 radical (unpaired) electrons. The van der Waals surface area contributed by atoms with E-state index in [2.05, 4.69) is 5.32 Å². The van der Waals surface area contributed by atoms with Gasteiger partial charge >= 0.3 is 0 Å². The minimum Gasteiger partial charge on any atom is -0.497 e. The van der Waals surface area contributed by atoms with Crippen molar-refractivity contribution in [3.05, 3.63) is 53.6 Å². The highest BCUT2D eigenvalue weighted by molar-refractivity contribution is 7.89. The molecule has 1 amide bonds. The molecular weight excluding hydrogens is 392 g/mol. The van der Waals surface area contributed by atoms with Crippen molar-refractivity contribution < 1.29 is 22.7 Å². The van der Waals surface area contributed by atoms with Crippen molar-refractivity contribution in [1.29, 1.82) is 0 Å². The second-order valence-corrected chi connectivity index (χ2v) is 8.83. The number of rotatable bonds is 7. The molecule has 0 saturated carbocycles. The number of hydrogen-bond donors (Lipinski definition) is 1. The average molecular weight is 419 g/mol. The van der Waals surface area contributed by atoms with Crippen LogP contribution in [0, 0.1) is 6.92 Å². The topological polar surface area (TPSA) is 84.9 Å². The fourth-order valence-electron chi connectivity index (χ4n) is 3.45. The van der Waals surface area contributed by atoms with Crippen LogP contribution in [0.2, 0.25) is 0 Å². The Kier molecular flexibility index (Phi) is 6.44. The van der Waals surface area contributed by atoms with Gasteiger partial charge in [0.05, 0.1) is 19.1 Å². The van der Waals surface area contributed by atoms with Crippen LogP contribution in [0.25, 0.3) is 0 Å². The Bertz CT molecular complexity index is 973. The maximum atomic E-state index is 13.3. The zero-order chi connectivity index (χ0) is 21.0. The largest absolute Gasteiger partial charge is 0.497 e. The zero-order valence-electron chi connectivity index (χ0n) is 16.8. The third kappa shape index (κ3) is 4.54. The van der Waals surface area contributed by atoms with E-state index in [1.165, 1.54) is 17.5 Å². The maximum absolute atomic E-state index is 13.3. The monoisotopic (exact) mass is 418 g/mol. The van der Waals surface area contributed by atoms with Gasteiger partial charge in [0.1, 0.15) is 17.5 Å². The van der Waals surface area contributed by atoms with Gasteiger partial charge in [-0.15, -0.1) is 0 Å². The minimum absolute atomic E-state index is 0.173. The van der Waals surface area contributed by atoms with E-state index in [4.69, 9.17) is 9.47 Å². The number of hydrogen-bond acceptors (Lipinski definition) is 5. The fraction of sp³-hybridized carbons (Fsp3) is 0.381. The van der Waals surface area contributed by atoms with Gasteiger partial charge in [-0.3, -0.25) is 4.79 Å². The quantitative estimate of drug-likeness (QED) is 0.747. The molecule has 0 aliphatic carbocycles. The summed E-state index contributed by atoms with van der Waals surface area (Å²) in [4.78, 5) is 12.9. The van der Waals surface area contributed by atoms with Crippen molar-refractivity contribution in [1.82, 2.24) is 9.62 Å². The number of methoxy groups -OCH3 is 2. The van der Waals surface area contributed by atoms with Crippen molar-refractivity contribution in [3.63, 3.8) is 0 Å². The van der Waals surface area contributed by atoms with E-state index in [-0.39, 0.29) is 10.8 Å². The van der Waals surface area contributed by atoms with Crippen molar-refractivity contribution >= 4 is 15.9 Å².